The van der Waals surface area contributed by atoms with Crippen LogP contribution in [0.15, 0.2) is 60.7 Å². The number of hydrogen-bond donors (Lipinski definition) is 4. The van der Waals surface area contributed by atoms with Crippen molar-refractivity contribution < 1.29 is 42.5 Å². The molecule has 0 spiro atoms. The number of halogens is 2. The smallest absolute Gasteiger partial charge is 0.302 e. The van der Waals surface area contributed by atoms with Crippen molar-refractivity contribution in [1.29, 1.82) is 0 Å². The molecule has 4 rings (SSSR count). The number of aliphatic hydroxyl groups is 1. The predicted octanol–water partition coefficient (Wildman–Crippen LogP) is 2.70. The second-order valence-corrected chi connectivity index (χ2v) is 11.7. The monoisotopic (exact) mass is 694 g/mol. The molecule has 0 saturated heterocycles. The molecule has 0 saturated carbocycles. The van der Waals surface area contributed by atoms with Gasteiger partial charge in [-0.2, -0.15) is 0 Å². The summed E-state index contributed by atoms with van der Waals surface area (Å²) in [6, 6.07) is 13.9. The molecule has 0 aliphatic carbocycles. The number of ether oxygens (including phenoxy) is 2. The molecule has 4 aromatic rings. The predicted molar refractivity (Wildman–Crippen MR) is 180 cm³/mol. The third-order valence-electron chi connectivity index (χ3n) is 7.87. The first-order valence-corrected chi connectivity index (χ1v) is 15.8. The number of hydrogen-bond acceptors (Lipinski definition) is 10. The molecular weight excluding hydrogens is 654 g/mol. The topological polar surface area (TPSA) is 192 Å². The quantitative estimate of drug-likeness (QED) is 0.127. The SMILES string of the molecule is CC(=O)OCCN(CCOC(C)=O)c1ccc(-c2nc3cc(C(CC(N)=O)NC(=O)[C@@H](N)C(C)O)ccc3n2Cc2ccc(F)c(F)c2)cc1. The van der Waals surface area contributed by atoms with E-state index in [4.69, 9.17) is 25.9 Å². The molecule has 0 bridgehead atoms. The molecular formula is C35H40F2N6O7. The summed E-state index contributed by atoms with van der Waals surface area (Å²) in [6.07, 6.45) is -1.39. The molecule has 0 aliphatic heterocycles. The molecule has 2 unspecified atom stereocenters. The van der Waals surface area contributed by atoms with Gasteiger partial charge >= 0.3 is 11.9 Å². The summed E-state index contributed by atoms with van der Waals surface area (Å²) in [6.45, 7) is 5.02. The van der Waals surface area contributed by atoms with Crippen molar-refractivity contribution in [3.8, 4) is 11.4 Å². The van der Waals surface area contributed by atoms with Gasteiger partial charge in [-0.05, 0) is 66.6 Å². The number of aromatic nitrogens is 2. The molecule has 13 nitrogen and oxygen atoms in total. The molecule has 50 heavy (non-hydrogen) atoms. The van der Waals surface area contributed by atoms with Crippen molar-refractivity contribution in [3.63, 3.8) is 0 Å². The number of esters is 2. The van der Waals surface area contributed by atoms with Crippen LogP contribution in [0, 0.1) is 11.6 Å². The zero-order valence-electron chi connectivity index (χ0n) is 27.9. The van der Waals surface area contributed by atoms with Gasteiger partial charge in [-0.1, -0.05) is 12.1 Å². The van der Waals surface area contributed by atoms with Gasteiger partial charge in [0, 0.05) is 31.6 Å². The van der Waals surface area contributed by atoms with Crippen molar-refractivity contribution in [2.24, 2.45) is 11.5 Å². The van der Waals surface area contributed by atoms with Crippen LogP contribution in [0.2, 0.25) is 0 Å². The Labute approximate surface area is 287 Å². The van der Waals surface area contributed by atoms with Gasteiger partial charge in [0.05, 0.1) is 42.7 Å². The minimum Gasteiger partial charge on any atom is -0.464 e. The summed E-state index contributed by atoms with van der Waals surface area (Å²) >= 11 is 0. The van der Waals surface area contributed by atoms with Crippen LogP contribution in [-0.2, 0) is 35.2 Å². The minimum absolute atomic E-state index is 0.117. The van der Waals surface area contributed by atoms with Crippen LogP contribution in [0.3, 0.4) is 0 Å². The van der Waals surface area contributed by atoms with E-state index in [0.29, 0.717) is 46.6 Å². The Morgan fingerprint density at radius 1 is 0.940 bits per heavy atom. The third-order valence-corrected chi connectivity index (χ3v) is 7.87. The summed E-state index contributed by atoms with van der Waals surface area (Å²) in [5, 5.41) is 12.5. The van der Waals surface area contributed by atoms with E-state index >= 15 is 0 Å². The first-order chi connectivity index (χ1) is 23.7. The van der Waals surface area contributed by atoms with Gasteiger partial charge in [0.2, 0.25) is 11.8 Å². The Balaban J connectivity index is 1.75. The van der Waals surface area contributed by atoms with Crippen molar-refractivity contribution in [2.45, 2.75) is 51.9 Å². The summed E-state index contributed by atoms with van der Waals surface area (Å²) in [5.41, 5.74) is 14.8. The minimum atomic E-state index is -1.24. The number of nitrogens with two attached hydrogens (primary N) is 2. The Hall–Kier alpha value is -5.41. The van der Waals surface area contributed by atoms with Crippen LogP contribution in [0.1, 0.15) is 44.4 Å². The summed E-state index contributed by atoms with van der Waals surface area (Å²) in [5.74, 6) is -3.69. The van der Waals surface area contributed by atoms with E-state index < -0.39 is 53.6 Å². The first kappa shape index (κ1) is 37.4. The number of nitrogens with zero attached hydrogens (tertiary/aromatic N) is 3. The molecule has 3 atom stereocenters. The highest BCUT2D eigenvalue weighted by atomic mass is 19.2. The highest BCUT2D eigenvalue weighted by Gasteiger charge is 2.25. The van der Waals surface area contributed by atoms with Crippen LogP contribution in [0.4, 0.5) is 14.5 Å². The van der Waals surface area contributed by atoms with Crippen molar-refractivity contribution in [1.82, 2.24) is 14.9 Å². The molecule has 6 N–H and O–H groups in total. The van der Waals surface area contributed by atoms with Gasteiger partial charge < -0.3 is 40.8 Å². The number of fused-ring (bicyclic) bond motifs is 1. The molecule has 1 aromatic heterocycles. The van der Waals surface area contributed by atoms with Crippen LogP contribution in [0.5, 0.6) is 0 Å². The highest BCUT2D eigenvalue weighted by molar-refractivity contribution is 5.85. The number of rotatable bonds is 16. The molecule has 1 heterocycles. The van der Waals surface area contributed by atoms with Crippen molar-refractivity contribution in [3.05, 3.63) is 83.4 Å². The van der Waals surface area contributed by atoms with Crippen molar-refractivity contribution >= 4 is 40.5 Å². The molecule has 0 fully saturated rings. The summed E-state index contributed by atoms with van der Waals surface area (Å²) in [7, 11) is 0. The normalized spacial score (nSPS) is 12.9. The second-order valence-electron chi connectivity index (χ2n) is 11.7. The van der Waals surface area contributed by atoms with Gasteiger partial charge in [-0.3, -0.25) is 19.2 Å². The Morgan fingerprint density at radius 2 is 1.58 bits per heavy atom. The van der Waals surface area contributed by atoms with E-state index in [0.717, 1.165) is 17.8 Å². The van der Waals surface area contributed by atoms with Gasteiger partial charge in [0.15, 0.2) is 11.6 Å². The number of amides is 2. The maximum absolute atomic E-state index is 14.2. The number of nitrogens with one attached hydrogen (secondary N) is 1. The Bertz CT molecular complexity index is 1830. The van der Waals surface area contributed by atoms with E-state index in [2.05, 4.69) is 5.32 Å². The fourth-order valence-corrected chi connectivity index (χ4v) is 5.30. The zero-order chi connectivity index (χ0) is 36.5. The largest absolute Gasteiger partial charge is 0.464 e. The number of primary amides is 1. The third kappa shape index (κ3) is 9.83. The number of aliphatic hydroxyl groups excluding tert-OH is 1. The van der Waals surface area contributed by atoms with Gasteiger partial charge in [-0.15, -0.1) is 0 Å². The van der Waals surface area contributed by atoms with Gasteiger partial charge in [-0.25, -0.2) is 13.8 Å². The standard InChI is InChI=1S/C35H40F2N6O7/c1-20(44)33(39)35(48)41-29(18-32(38)47)25-7-11-31-30(17-25)40-34(43(31)19-23-4-10-27(36)28(37)16-23)24-5-8-26(9-6-24)42(12-14-49-21(2)45)13-15-50-22(3)46/h4-11,16-17,20,29,33,44H,12-15,18-19,39H2,1-3H3,(H2,38,47)(H,41,48)/t20?,29?,33-/m0/s1. The lowest BCUT2D eigenvalue weighted by Crippen LogP contribution is -2.48. The molecule has 0 radical (unpaired) electrons. The lowest BCUT2D eigenvalue weighted by molar-refractivity contribution is -0.141. The van der Waals surface area contributed by atoms with E-state index in [1.807, 2.05) is 33.7 Å². The van der Waals surface area contributed by atoms with E-state index in [-0.39, 0.29) is 26.2 Å². The van der Waals surface area contributed by atoms with Crippen LogP contribution in [-0.4, -0.2) is 76.9 Å². The van der Waals surface area contributed by atoms with E-state index in [9.17, 15) is 33.1 Å². The van der Waals surface area contributed by atoms with Crippen LogP contribution in [0.25, 0.3) is 22.4 Å². The molecule has 0 aliphatic rings. The average Bonchev–Trinajstić information content (AvgIpc) is 3.41. The lowest BCUT2D eigenvalue weighted by atomic mass is 10.0. The van der Waals surface area contributed by atoms with E-state index in [1.165, 1.54) is 26.8 Å². The molecule has 2 amide bonds. The fraction of sp³-hybridized carbons (Fsp3) is 0.343. The van der Waals surface area contributed by atoms with Crippen molar-refractivity contribution in [2.75, 3.05) is 31.2 Å². The Kier molecular flexibility index (Phi) is 12.6. The summed E-state index contributed by atoms with van der Waals surface area (Å²) in [4.78, 5) is 54.1. The highest BCUT2D eigenvalue weighted by Crippen LogP contribution is 2.30. The van der Waals surface area contributed by atoms with Gasteiger partial charge in [0.1, 0.15) is 25.1 Å². The number of carbonyl (C=O) groups is 4. The second kappa shape index (κ2) is 16.8. The zero-order valence-corrected chi connectivity index (χ0v) is 27.9. The maximum Gasteiger partial charge on any atom is 0.302 e. The maximum atomic E-state index is 14.2. The number of anilines is 1. The fourth-order valence-electron chi connectivity index (χ4n) is 5.30. The van der Waals surface area contributed by atoms with Gasteiger partial charge in [0.25, 0.3) is 0 Å². The average molecular weight is 695 g/mol. The number of imidazole rings is 1. The summed E-state index contributed by atoms with van der Waals surface area (Å²) < 4.78 is 40.0. The first-order valence-electron chi connectivity index (χ1n) is 15.8. The lowest BCUT2D eigenvalue weighted by Gasteiger charge is -2.24. The molecule has 15 heteroatoms. The van der Waals surface area contributed by atoms with Crippen LogP contribution >= 0.6 is 0 Å². The molecule has 3 aromatic carbocycles. The Morgan fingerprint density at radius 3 is 2.14 bits per heavy atom. The van der Waals surface area contributed by atoms with Crippen LogP contribution < -0.4 is 21.7 Å². The molecule has 266 valence electrons. The van der Waals surface area contributed by atoms with E-state index in [1.54, 1.807) is 18.2 Å². The number of carbonyl (C=O) groups excluding carboxylic acids is 4. The number of benzene rings is 3.